The summed E-state index contributed by atoms with van der Waals surface area (Å²) in [5.74, 6) is 0.543. The molecule has 1 aromatic heterocycles. The van der Waals surface area contributed by atoms with E-state index in [1.807, 2.05) is 0 Å². The number of hydrogen-bond donors (Lipinski definition) is 1. The second kappa shape index (κ2) is 5.58. The van der Waals surface area contributed by atoms with Crippen LogP contribution in [0.2, 0.25) is 0 Å². The van der Waals surface area contributed by atoms with E-state index in [1.165, 1.54) is 37.9 Å². The first kappa shape index (κ1) is 12.5. The summed E-state index contributed by atoms with van der Waals surface area (Å²) in [6, 6.07) is 4.02. The molecule has 1 aliphatic rings. The van der Waals surface area contributed by atoms with Gasteiger partial charge in [0.25, 0.3) is 0 Å². The van der Waals surface area contributed by atoms with Crippen molar-refractivity contribution in [1.82, 2.24) is 10.3 Å². The lowest BCUT2D eigenvalue weighted by molar-refractivity contribution is 0.284. The molecule has 2 rings (SSSR count). The van der Waals surface area contributed by atoms with E-state index in [1.54, 1.807) is 6.07 Å². The van der Waals surface area contributed by atoms with E-state index in [0.717, 1.165) is 11.6 Å². The molecule has 3 unspecified atom stereocenters. The van der Waals surface area contributed by atoms with Crippen LogP contribution in [0.1, 0.15) is 51.3 Å². The van der Waals surface area contributed by atoms with E-state index in [4.69, 9.17) is 0 Å². The molecule has 0 spiro atoms. The van der Waals surface area contributed by atoms with E-state index in [-0.39, 0.29) is 11.9 Å². The molecule has 1 aromatic rings. The molecule has 1 aliphatic carbocycles. The normalized spacial score (nSPS) is 26.8. The zero-order chi connectivity index (χ0) is 12.3. The van der Waals surface area contributed by atoms with Crippen molar-refractivity contribution in [2.45, 2.75) is 51.6 Å². The predicted octanol–water partition coefficient (Wildman–Crippen LogP) is 3.45. The van der Waals surface area contributed by atoms with Gasteiger partial charge in [0, 0.05) is 12.1 Å². The third kappa shape index (κ3) is 3.50. The number of pyridine rings is 1. The summed E-state index contributed by atoms with van der Waals surface area (Å²) < 4.78 is 12.8. The minimum Gasteiger partial charge on any atom is -0.306 e. The average Bonchev–Trinajstić information content (AvgIpc) is 2.29. The predicted molar refractivity (Wildman–Crippen MR) is 67.2 cm³/mol. The van der Waals surface area contributed by atoms with Crippen molar-refractivity contribution in [3.63, 3.8) is 0 Å². The van der Waals surface area contributed by atoms with Gasteiger partial charge in [-0.25, -0.2) is 4.39 Å². The molecule has 0 aromatic carbocycles. The van der Waals surface area contributed by atoms with Crippen molar-refractivity contribution in [3.05, 3.63) is 29.8 Å². The Kier molecular flexibility index (Phi) is 4.11. The molecule has 1 fully saturated rings. The van der Waals surface area contributed by atoms with Crippen molar-refractivity contribution < 1.29 is 4.39 Å². The first-order valence-electron chi connectivity index (χ1n) is 6.52. The van der Waals surface area contributed by atoms with Gasteiger partial charge in [0.05, 0.1) is 11.9 Å². The van der Waals surface area contributed by atoms with E-state index in [2.05, 4.69) is 24.1 Å². The summed E-state index contributed by atoms with van der Waals surface area (Å²) in [6.45, 7) is 4.41. The molecule has 0 saturated heterocycles. The van der Waals surface area contributed by atoms with Gasteiger partial charge in [0.1, 0.15) is 5.82 Å². The van der Waals surface area contributed by atoms with Crippen molar-refractivity contribution in [2.75, 3.05) is 0 Å². The van der Waals surface area contributed by atoms with Crippen molar-refractivity contribution >= 4 is 0 Å². The van der Waals surface area contributed by atoms with Crippen molar-refractivity contribution in [3.8, 4) is 0 Å². The number of halogens is 1. The Bertz CT molecular complexity index is 350. The van der Waals surface area contributed by atoms with E-state index in [9.17, 15) is 4.39 Å². The van der Waals surface area contributed by atoms with E-state index < -0.39 is 0 Å². The lowest BCUT2D eigenvalue weighted by atomic mass is 9.86. The maximum Gasteiger partial charge on any atom is 0.141 e. The summed E-state index contributed by atoms with van der Waals surface area (Å²) in [5, 5.41) is 3.60. The van der Waals surface area contributed by atoms with Gasteiger partial charge in [-0.1, -0.05) is 19.8 Å². The Morgan fingerprint density at radius 2 is 2.24 bits per heavy atom. The molecule has 1 N–H and O–H groups in total. The minimum absolute atomic E-state index is 0.200. The minimum atomic E-state index is -0.271. The zero-order valence-corrected chi connectivity index (χ0v) is 10.6. The fourth-order valence-corrected chi connectivity index (χ4v) is 2.67. The molecular weight excluding hydrogens is 215 g/mol. The van der Waals surface area contributed by atoms with Crippen LogP contribution in [-0.4, -0.2) is 11.0 Å². The third-order valence-corrected chi connectivity index (χ3v) is 3.62. The highest BCUT2D eigenvalue weighted by molar-refractivity contribution is 5.09. The Labute approximate surface area is 103 Å². The van der Waals surface area contributed by atoms with E-state index in [0.29, 0.717) is 6.04 Å². The van der Waals surface area contributed by atoms with Gasteiger partial charge in [0.15, 0.2) is 0 Å². The van der Waals surface area contributed by atoms with Gasteiger partial charge in [0.2, 0.25) is 0 Å². The zero-order valence-electron chi connectivity index (χ0n) is 10.6. The molecule has 3 atom stereocenters. The number of rotatable bonds is 3. The molecule has 0 amide bonds. The molecule has 3 heteroatoms. The quantitative estimate of drug-likeness (QED) is 0.869. The Balaban J connectivity index is 1.91. The fourth-order valence-electron chi connectivity index (χ4n) is 2.67. The molecule has 1 heterocycles. The summed E-state index contributed by atoms with van der Waals surface area (Å²) in [4.78, 5) is 4.13. The van der Waals surface area contributed by atoms with Crippen LogP contribution in [-0.2, 0) is 0 Å². The molecule has 0 radical (unpaired) electrons. The van der Waals surface area contributed by atoms with Gasteiger partial charge in [-0.15, -0.1) is 0 Å². The Morgan fingerprint density at radius 1 is 1.41 bits per heavy atom. The van der Waals surface area contributed by atoms with Crippen LogP contribution in [0.15, 0.2) is 18.3 Å². The maximum atomic E-state index is 12.8. The van der Waals surface area contributed by atoms with Gasteiger partial charge >= 0.3 is 0 Å². The summed E-state index contributed by atoms with van der Waals surface area (Å²) in [7, 11) is 0. The van der Waals surface area contributed by atoms with Gasteiger partial charge < -0.3 is 5.32 Å². The first-order valence-corrected chi connectivity index (χ1v) is 6.52. The van der Waals surface area contributed by atoms with Crippen LogP contribution in [0, 0.1) is 11.7 Å². The van der Waals surface area contributed by atoms with Gasteiger partial charge in [-0.2, -0.15) is 0 Å². The van der Waals surface area contributed by atoms with Crippen LogP contribution >= 0.6 is 0 Å². The maximum absolute atomic E-state index is 12.8. The van der Waals surface area contributed by atoms with Gasteiger partial charge in [-0.3, -0.25) is 4.98 Å². The average molecular weight is 236 g/mol. The number of nitrogens with one attached hydrogen (secondary N) is 1. The second-order valence-corrected chi connectivity index (χ2v) is 5.26. The molecule has 2 nitrogen and oxygen atoms in total. The molecule has 0 bridgehead atoms. The SMILES string of the molecule is CC1CCCC(NC(C)c2ccc(F)cn2)C1. The monoisotopic (exact) mass is 236 g/mol. The number of aromatic nitrogens is 1. The molecule has 1 saturated carbocycles. The van der Waals surface area contributed by atoms with Crippen LogP contribution < -0.4 is 5.32 Å². The number of nitrogens with zero attached hydrogens (tertiary/aromatic N) is 1. The molecular formula is C14H21FN2. The number of hydrogen-bond acceptors (Lipinski definition) is 2. The first-order chi connectivity index (χ1) is 8.15. The largest absolute Gasteiger partial charge is 0.306 e. The van der Waals surface area contributed by atoms with Crippen molar-refractivity contribution in [1.29, 1.82) is 0 Å². The highest BCUT2D eigenvalue weighted by Gasteiger charge is 2.20. The Hall–Kier alpha value is -0.960. The van der Waals surface area contributed by atoms with Crippen LogP contribution in [0.5, 0.6) is 0 Å². The second-order valence-electron chi connectivity index (χ2n) is 5.26. The smallest absolute Gasteiger partial charge is 0.141 e. The molecule has 17 heavy (non-hydrogen) atoms. The van der Waals surface area contributed by atoms with Gasteiger partial charge in [-0.05, 0) is 37.8 Å². The highest BCUT2D eigenvalue weighted by atomic mass is 19.1. The van der Waals surface area contributed by atoms with Crippen molar-refractivity contribution in [2.24, 2.45) is 5.92 Å². The summed E-state index contributed by atoms with van der Waals surface area (Å²) in [6.07, 6.45) is 6.43. The van der Waals surface area contributed by atoms with Crippen LogP contribution in [0.25, 0.3) is 0 Å². The van der Waals surface area contributed by atoms with E-state index >= 15 is 0 Å². The lowest BCUT2D eigenvalue weighted by Crippen LogP contribution is -2.35. The standard InChI is InChI=1S/C14H21FN2/c1-10-4-3-5-13(8-10)17-11(2)14-7-6-12(15)9-16-14/h6-7,9-11,13,17H,3-5,8H2,1-2H3. The molecule has 94 valence electrons. The van der Waals surface area contributed by atoms with Crippen LogP contribution in [0.4, 0.5) is 4.39 Å². The fraction of sp³-hybridized carbons (Fsp3) is 0.643. The highest BCUT2D eigenvalue weighted by Crippen LogP contribution is 2.25. The topological polar surface area (TPSA) is 24.9 Å². The molecule has 0 aliphatic heterocycles. The summed E-state index contributed by atoms with van der Waals surface area (Å²) >= 11 is 0. The third-order valence-electron chi connectivity index (χ3n) is 3.62. The summed E-state index contributed by atoms with van der Waals surface area (Å²) in [5.41, 5.74) is 0.921. The van der Waals surface area contributed by atoms with Crippen LogP contribution in [0.3, 0.4) is 0 Å². The Morgan fingerprint density at radius 3 is 2.88 bits per heavy atom. The lowest BCUT2D eigenvalue weighted by Gasteiger charge is -2.30.